The highest BCUT2D eigenvalue weighted by molar-refractivity contribution is 6.03. The van der Waals surface area contributed by atoms with Crippen LogP contribution in [-0.4, -0.2) is 36.3 Å². The zero-order chi connectivity index (χ0) is 25.0. The van der Waals surface area contributed by atoms with Crippen LogP contribution in [0.15, 0.2) is 78.0 Å². The summed E-state index contributed by atoms with van der Waals surface area (Å²) in [5, 5.41) is 4.14. The molecular weight excluding hydrogens is 464 g/mol. The summed E-state index contributed by atoms with van der Waals surface area (Å²) >= 11 is 0. The van der Waals surface area contributed by atoms with Gasteiger partial charge in [-0.1, -0.05) is 35.5 Å². The number of halogens is 4. The highest BCUT2D eigenvalue weighted by Crippen LogP contribution is 2.30. The number of carbonyl (C=O) groups excluding carboxylic acids is 1. The molecular formula is C26H22F4N2O3. The van der Waals surface area contributed by atoms with E-state index >= 15 is 0 Å². The van der Waals surface area contributed by atoms with Gasteiger partial charge in [-0.15, -0.1) is 0 Å². The molecule has 0 bridgehead atoms. The summed E-state index contributed by atoms with van der Waals surface area (Å²) in [5.74, 6) is -0.503. The average molecular weight is 486 g/mol. The fourth-order valence-electron chi connectivity index (χ4n) is 3.90. The first-order chi connectivity index (χ1) is 16.7. The Morgan fingerprint density at radius 3 is 2.60 bits per heavy atom. The zero-order valence-corrected chi connectivity index (χ0v) is 18.8. The maximum atomic E-state index is 13.8. The van der Waals surface area contributed by atoms with Gasteiger partial charge in [-0.2, -0.15) is 13.2 Å². The lowest BCUT2D eigenvalue weighted by molar-refractivity contribution is -0.137. The van der Waals surface area contributed by atoms with E-state index in [0.717, 1.165) is 23.8 Å². The van der Waals surface area contributed by atoms with Crippen molar-refractivity contribution in [1.29, 1.82) is 0 Å². The number of ether oxygens (including phenoxy) is 1. The molecule has 9 heteroatoms. The van der Waals surface area contributed by atoms with Crippen molar-refractivity contribution in [2.45, 2.75) is 25.2 Å². The number of nitrogens with zero attached hydrogens (tertiary/aromatic N) is 2. The molecule has 1 aliphatic heterocycles. The molecule has 1 atom stereocenters. The van der Waals surface area contributed by atoms with Gasteiger partial charge in [-0.3, -0.25) is 4.79 Å². The minimum Gasteiger partial charge on any atom is -0.496 e. The molecule has 35 heavy (non-hydrogen) atoms. The van der Waals surface area contributed by atoms with Crippen molar-refractivity contribution in [3.63, 3.8) is 0 Å². The fraction of sp³-hybridized carbons (Fsp3) is 0.231. The van der Waals surface area contributed by atoms with Gasteiger partial charge in [0.25, 0.3) is 5.91 Å². The summed E-state index contributed by atoms with van der Waals surface area (Å²) in [6, 6.07) is 17.2. The second-order valence-corrected chi connectivity index (χ2v) is 8.06. The normalized spacial score (nSPS) is 15.3. The molecule has 5 nitrogen and oxygen atoms in total. The number of hydrogen-bond acceptors (Lipinski definition) is 4. The van der Waals surface area contributed by atoms with Crippen LogP contribution in [-0.2, 0) is 17.6 Å². The van der Waals surface area contributed by atoms with Gasteiger partial charge < -0.3 is 14.5 Å². The molecule has 1 unspecified atom stereocenters. The maximum Gasteiger partial charge on any atom is 0.416 e. The average Bonchev–Trinajstić information content (AvgIpc) is 3.31. The van der Waals surface area contributed by atoms with Crippen LogP contribution in [0.4, 0.5) is 17.6 Å². The molecule has 182 valence electrons. The first-order valence-corrected chi connectivity index (χ1v) is 10.8. The molecule has 4 rings (SSSR count). The van der Waals surface area contributed by atoms with E-state index in [1.54, 1.807) is 13.2 Å². The van der Waals surface area contributed by atoms with Crippen molar-refractivity contribution < 1.29 is 31.9 Å². The second kappa shape index (κ2) is 10.2. The van der Waals surface area contributed by atoms with E-state index in [-0.39, 0.29) is 24.2 Å². The van der Waals surface area contributed by atoms with Crippen LogP contribution in [0.3, 0.4) is 0 Å². The van der Waals surface area contributed by atoms with Crippen molar-refractivity contribution in [3.8, 4) is 5.75 Å². The van der Waals surface area contributed by atoms with Crippen molar-refractivity contribution in [3.05, 3.63) is 101 Å². The van der Waals surface area contributed by atoms with E-state index in [0.29, 0.717) is 17.9 Å². The van der Waals surface area contributed by atoms with Gasteiger partial charge in [0.05, 0.1) is 24.9 Å². The Balaban J connectivity index is 1.56. The minimum absolute atomic E-state index is 0.0355. The predicted molar refractivity (Wildman–Crippen MR) is 122 cm³/mol. The summed E-state index contributed by atoms with van der Waals surface area (Å²) < 4.78 is 58.7. The number of oxime groups is 1. The number of amides is 1. The van der Waals surface area contributed by atoms with E-state index in [1.165, 1.54) is 35.2 Å². The van der Waals surface area contributed by atoms with Crippen LogP contribution in [0.1, 0.15) is 33.5 Å². The lowest BCUT2D eigenvalue weighted by Gasteiger charge is -2.25. The Morgan fingerprint density at radius 2 is 1.86 bits per heavy atom. The minimum atomic E-state index is -4.51. The lowest BCUT2D eigenvalue weighted by Crippen LogP contribution is -2.37. The molecule has 0 N–H and O–H groups in total. The lowest BCUT2D eigenvalue weighted by atomic mass is 10.0. The third kappa shape index (κ3) is 5.79. The third-order valence-corrected chi connectivity index (χ3v) is 5.56. The highest BCUT2D eigenvalue weighted by atomic mass is 19.4. The first-order valence-electron chi connectivity index (χ1n) is 10.8. The molecule has 0 saturated heterocycles. The van der Waals surface area contributed by atoms with Crippen molar-refractivity contribution in [2.75, 3.05) is 13.7 Å². The zero-order valence-electron chi connectivity index (χ0n) is 18.8. The molecule has 1 heterocycles. The molecule has 0 fully saturated rings. The van der Waals surface area contributed by atoms with Crippen LogP contribution in [0.2, 0.25) is 0 Å². The summed E-state index contributed by atoms with van der Waals surface area (Å²) in [4.78, 5) is 20.1. The third-order valence-electron chi connectivity index (χ3n) is 5.56. The quantitative estimate of drug-likeness (QED) is 0.404. The molecule has 0 aliphatic carbocycles. The number of alkyl halides is 3. The molecule has 3 aromatic carbocycles. The van der Waals surface area contributed by atoms with Crippen LogP contribution < -0.4 is 4.74 Å². The predicted octanol–water partition coefficient (Wildman–Crippen LogP) is 5.69. The Kier molecular flexibility index (Phi) is 7.04. The Bertz CT molecular complexity index is 1240. The molecule has 0 saturated carbocycles. The highest BCUT2D eigenvalue weighted by Gasteiger charge is 2.32. The van der Waals surface area contributed by atoms with Gasteiger partial charge >= 0.3 is 6.18 Å². The summed E-state index contributed by atoms with van der Waals surface area (Å²) in [5.41, 5.74) is 0.935. The van der Waals surface area contributed by atoms with E-state index in [2.05, 4.69) is 5.16 Å². The molecule has 0 radical (unpaired) electrons. The summed E-state index contributed by atoms with van der Waals surface area (Å²) in [6.45, 7) is -0.0864. The standard InChI is InChI=1S/C26H22F4N2O3/c1-34-24-11-3-2-10-22(24)23-14-21(35-31-23)16-32(25(33)18-7-5-9-20(27)13-18)15-17-6-4-8-19(12-17)26(28,29)30/h2-13,21H,14-16H2,1H3. The molecule has 1 amide bonds. The van der Waals surface area contributed by atoms with Gasteiger partial charge in [0.15, 0.2) is 6.10 Å². The number of benzene rings is 3. The molecule has 3 aromatic rings. The number of methoxy groups -OCH3 is 1. The Labute approximate surface area is 199 Å². The van der Waals surface area contributed by atoms with Crippen molar-refractivity contribution in [2.24, 2.45) is 5.16 Å². The summed E-state index contributed by atoms with van der Waals surface area (Å²) in [7, 11) is 1.54. The fourth-order valence-corrected chi connectivity index (χ4v) is 3.90. The second-order valence-electron chi connectivity index (χ2n) is 8.06. The SMILES string of the molecule is COc1ccccc1C1=NOC(CN(Cc2cccc(C(F)(F)F)c2)C(=O)c2cccc(F)c2)C1. The van der Waals surface area contributed by atoms with E-state index < -0.39 is 29.6 Å². The largest absolute Gasteiger partial charge is 0.496 e. The number of carbonyl (C=O) groups is 1. The van der Waals surface area contributed by atoms with Gasteiger partial charge in [0.2, 0.25) is 0 Å². The van der Waals surface area contributed by atoms with Gasteiger partial charge in [-0.05, 0) is 48.0 Å². The number of rotatable bonds is 7. The number of hydrogen-bond donors (Lipinski definition) is 0. The van der Waals surface area contributed by atoms with Crippen LogP contribution >= 0.6 is 0 Å². The monoisotopic (exact) mass is 486 g/mol. The van der Waals surface area contributed by atoms with E-state index in [9.17, 15) is 22.4 Å². The van der Waals surface area contributed by atoms with Crippen LogP contribution in [0.25, 0.3) is 0 Å². The molecule has 0 aromatic heterocycles. The maximum absolute atomic E-state index is 13.8. The van der Waals surface area contributed by atoms with Gasteiger partial charge in [0, 0.05) is 24.1 Å². The molecule has 1 aliphatic rings. The van der Waals surface area contributed by atoms with Crippen molar-refractivity contribution in [1.82, 2.24) is 4.90 Å². The van der Waals surface area contributed by atoms with Crippen LogP contribution in [0, 0.1) is 5.82 Å². The Hall–Kier alpha value is -3.88. The number of para-hydroxylation sites is 1. The summed E-state index contributed by atoms with van der Waals surface area (Å²) in [6.07, 6.45) is -4.70. The topological polar surface area (TPSA) is 51.1 Å². The van der Waals surface area contributed by atoms with E-state index in [4.69, 9.17) is 9.57 Å². The van der Waals surface area contributed by atoms with Gasteiger partial charge in [0.1, 0.15) is 11.6 Å². The first kappa shape index (κ1) is 24.3. The smallest absolute Gasteiger partial charge is 0.416 e. The van der Waals surface area contributed by atoms with Crippen LogP contribution in [0.5, 0.6) is 5.75 Å². The Morgan fingerprint density at radius 1 is 1.09 bits per heavy atom. The van der Waals surface area contributed by atoms with Crippen molar-refractivity contribution >= 4 is 11.6 Å². The van der Waals surface area contributed by atoms with Gasteiger partial charge in [-0.25, -0.2) is 4.39 Å². The molecule has 0 spiro atoms. The van der Waals surface area contributed by atoms with E-state index in [1.807, 2.05) is 18.2 Å².